The second-order valence-electron chi connectivity index (χ2n) is 4.87. The smallest absolute Gasteiger partial charge is 0.253 e. The molecule has 1 saturated carbocycles. The Balaban J connectivity index is 2.30. The Hall–Kier alpha value is -0.810. The van der Waals surface area contributed by atoms with E-state index in [9.17, 15) is 4.79 Å². The molecule has 1 fully saturated rings. The lowest BCUT2D eigenvalue weighted by Crippen LogP contribution is -2.51. The molecule has 4 atom stereocenters. The van der Waals surface area contributed by atoms with E-state index in [0.29, 0.717) is 6.42 Å². The lowest BCUT2D eigenvalue weighted by molar-refractivity contribution is -0.122. The maximum atomic E-state index is 12.3. The first-order valence-electron chi connectivity index (χ1n) is 6.46. The highest BCUT2D eigenvalue weighted by molar-refractivity contribution is 6.31. The second-order valence-corrected chi connectivity index (χ2v) is 5.94. The lowest BCUT2D eigenvalue weighted by Gasteiger charge is -2.32. The van der Waals surface area contributed by atoms with Gasteiger partial charge >= 0.3 is 0 Å². The number of para-hydroxylation sites is 1. The molecule has 0 aromatic heterocycles. The first-order valence-corrected chi connectivity index (χ1v) is 7.33. The van der Waals surface area contributed by atoms with Crippen molar-refractivity contribution in [2.75, 3.05) is 18.6 Å². The molecule has 1 aromatic rings. The number of hydrogen-bond acceptors (Lipinski definition) is 3. The van der Waals surface area contributed by atoms with E-state index in [1.807, 2.05) is 30.3 Å². The molecule has 0 heterocycles. The summed E-state index contributed by atoms with van der Waals surface area (Å²) < 4.78 is 4.96. The van der Waals surface area contributed by atoms with Crippen LogP contribution in [0.5, 0.6) is 0 Å². The van der Waals surface area contributed by atoms with Crippen molar-refractivity contribution in [1.29, 1.82) is 0 Å². The Bertz CT molecular complexity index is 458. The first-order chi connectivity index (χ1) is 9.56. The minimum Gasteiger partial charge on any atom is -0.375 e. The van der Waals surface area contributed by atoms with Crippen LogP contribution in [0.1, 0.15) is 6.42 Å². The fraction of sp³-hybridized carbons (Fsp3) is 0.500. The molecule has 2 N–H and O–H groups in total. The van der Waals surface area contributed by atoms with Gasteiger partial charge in [0.15, 0.2) is 0 Å². The molecule has 0 bridgehead atoms. The maximum absolute atomic E-state index is 12.3. The molecule has 0 spiro atoms. The molecule has 1 aliphatic rings. The van der Waals surface area contributed by atoms with E-state index < -0.39 is 0 Å². The SMILES string of the molecule is COCC(=O)N(c1ccccc1)C1CC(Cl)C(Cl)C1N. The van der Waals surface area contributed by atoms with E-state index >= 15 is 0 Å². The molecule has 0 saturated heterocycles. The fourth-order valence-electron chi connectivity index (χ4n) is 2.55. The normalized spacial score (nSPS) is 29.4. The number of ether oxygens (including phenoxy) is 1. The van der Waals surface area contributed by atoms with E-state index in [1.54, 1.807) is 4.90 Å². The van der Waals surface area contributed by atoms with Gasteiger partial charge < -0.3 is 15.4 Å². The van der Waals surface area contributed by atoms with Crippen molar-refractivity contribution in [2.24, 2.45) is 5.73 Å². The zero-order chi connectivity index (χ0) is 14.7. The van der Waals surface area contributed by atoms with Crippen LogP contribution in [0.25, 0.3) is 0 Å². The predicted molar refractivity (Wildman–Crippen MR) is 81.5 cm³/mol. The zero-order valence-corrected chi connectivity index (χ0v) is 12.7. The number of carbonyl (C=O) groups is 1. The minimum atomic E-state index is -0.361. The Morgan fingerprint density at radius 3 is 2.55 bits per heavy atom. The Kier molecular flexibility index (Phi) is 5.27. The Labute approximate surface area is 128 Å². The monoisotopic (exact) mass is 316 g/mol. The minimum absolute atomic E-state index is 0.00197. The van der Waals surface area contributed by atoms with Gasteiger partial charge in [0.25, 0.3) is 5.91 Å². The average molecular weight is 317 g/mol. The van der Waals surface area contributed by atoms with Crippen molar-refractivity contribution in [3.05, 3.63) is 30.3 Å². The molecule has 4 nitrogen and oxygen atoms in total. The van der Waals surface area contributed by atoms with Gasteiger partial charge in [0, 0.05) is 18.8 Å². The molecule has 20 heavy (non-hydrogen) atoms. The highest BCUT2D eigenvalue weighted by atomic mass is 35.5. The molecule has 0 aliphatic heterocycles. The van der Waals surface area contributed by atoms with Gasteiger partial charge in [-0.05, 0) is 18.6 Å². The third-order valence-corrected chi connectivity index (χ3v) is 4.70. The van der Waals surface area contributed by atoms with Crippen LogP contribution in [0.2, 0.25) is 0 Å². The van der Waals surface area contributed by atoms with E-state index in [0.717, 1.165) is 5.69 Å². The van der Waals surface area contributed by atoms with Crippen LogP contribution >= 0.6 is 23.2 Å². The summed E-state index contributed by atoms with van der Waals surface area (Å²) in [7, 11) is 1.49. The zero-order valence-electron chi connectivity index (χ0n) is 11.2. The molecule has 6 heteroatoms. The second kappa shape index (κ2) is 6.76. The van der Waals surface area contributed by atoms with Crippen molar-refractivity contribution < 1.29 is 9.53 Å². The summed E-state index contributed by atoms with van der Waals surface area (Å²) in [5, 5.41) is -0.582. The fourth-order valence-corrected chi connectivity index (χ4v) is 3.17. The van der Waals surface area contributed by atoms with Gasteiger partial charge in [-0.2, -0.15) is 0 Å². The van der Waals surface area contributed by atoms with Gasteiger partial charge in [0.05, 0.1) is 16.8 Å². The molecule has 0 radical (unpaired) electrons. The number of nitrogens with two attached hydrogens (primary N) is 1. The third-order valence-electron chi connectivity index (χ3n) is 3.53. The van der Waals surface area contributed by atoms with Gasteiger partial charge in [-0.1, -0.05) is 18.2 Å². The van der Waals surface area contributed by atoms with Gasteiger partial charge in [0.1, 0.15) is 6.61 Å². The largest absolute Gasteiger partial charge is 0.375 e. The highest BCUT2D eigenvalue weighted by Gasteiger charge is 2.44. The lowest BCUT2D eigenvalue weighted by atomic mass is 10.1. The van der Waals surface area contributed by atoms with Crippen LogP contribution in [-0.2, 0) is 9.53 Å². The topological polar surface area (TPSA) is 55.6 Å². The van der Waals surface area contributed by atoms with E-state index in [-0.39, 0.29) is 35.4 Å². The van der Waals surface area contributed by atoms with Crippen LogP contribution in [0, 0.1) is 0 Å². The van der Waals surface area contributed by atoms with Crippen LogP contribution in [0.3, 0.4) is 0 Å². The number of halogens is 2. The summed E-state index contributed by atoms with van der Waals surface area (Å²) in [4.78, 5) is 14.0. The number of rotatable bonds is 4. The maximum Gasteiger partial charge on any atom is 0.253 e. The number of anilines is 1. The van der Waals surface area contributed by atoms with Crippen molar-refractivity contribution >= 4 is 34.8 Å². The van der Waals surface area contributed by atoms with Crippen molar-refractivity contribution in [1.82, 2.24) is 0 Å². The summed E-state index contributed by atoms with van der Waals surface area (Å²) in [5.74, 6) is -0.145. The summed E-state index contributed by atoms with van der Waals surface area (Å²) >= 11 is 12.4. The van der Waals surface area contributed by atoms with E-state index in [4.69, 9.17) is 33.7 Å². The number of hydrogen-bond donors (Lipinski definition) is 1. The molecule has 1 aliphatic carbocycles. The number of benzene rings is 1. The number of carbonyl (C=O) groups excluding carboxylic acids is 1. The predicted octanol–water partition coefficient (Wildman–Crippen LogP) is 1.98. The molecule has 110 valence electrons. The molecule has 1 aromatic carbocycles. The number of alkyl halides is 2. The van der Waals surface area contributed by atoms with Crippen molar-refractivity contribution in [3.8, 4) is 0 Å². The number of methoxy groups -OCH3 is 1. The molecular weight excluding hydrogens is 299 g/mol. The summed E-state index contributed by atoms with van der Waals surface area (Å²) in [6.45, 7) is -0.00197. The Morgan fingerprint density at radius 2 is 2.05 bits per heavy atom. The summed E-state index contributed by atoms with van der Waals surface area (Å²) in [6.07, 6.45) is 0.571. The van der Waals surface area contributed by atoms with Crippen LogP contribution in [0.4, 0.5) is 5.69 Å². The summed E-state index contributed by atoms with van der Waals surface area (Å²) in [5.41, 5.74) is 6.92. The molecule has 2 rings (SSSR count). The molecular formula is C14H18Cl2N2O2. The third kappa shape index (κ3) is 3.09. The highest BCUT2D eigenvalue weighted by Crippen LogP contribution is 2.34. The van der Waals surface area contributed by atoms with Gasteiger partial charge in [-0.3, -0.25) is 4.79 Å². The first kappa shape index (κ1) is 15.6. The van der Waals surface area contributed by atoms with Gasteiger partial charge in [0.2, 0.25) is 0 Å². The number of amides is 1. The van der Waals surface area contributed by atoms with Gasteiger partial charge in [-0.25, -0.2) is 0 Å². The van der Waals surface area contributed by atoms with Crippen LogP contribution in [0.15, 0.2) is 30.3 Å². The van der Waals surface area contributed by atoms with Crippen molar-refractivity contribution in [3.63, 3.8) is 0 Å². The van der Waals surface area contributed by atoms with Crippen molar-refractivity contribution in [2.45, 2.75) is 29.3 Å². The van der Waals surface area contributed by atoms with Gasteiger partial charge in [-0.15, -0.1) is 23.2 Å². The van der Waals surface area contributed by atoms with Crippen LogP contribution < -0.4 is 10.6 Å². The van der Waals surface area contributed by atoms with E-state index in [2.05, 4.69) is 0 Å². The quantitative estimate of drug-likeness (QED) is 0.864. The van der Waals surface area contributed by atoms with Crippen LogP contribution in [-0.4, -0.2) is 42.5 Å². The molecule has 1 amide bonds. The average Bonchev–Trinajstić information content (AvgIpc) is 2.69. The number of nitrogens with zero attached hydrogens (tertiary/aromatic N) is 1. The summed E-state index contributed by atoms with van der Waals surface area (Å²) in [6, 6.07) is 8.80. The standard InChI is InChI=1S/C14H18Cl2N2O2/c1-20-8-12(19)18(9-5-3-2-4-6-9)11-7-10(15)13(16)14(11)17/h2-6,10-11,13-14H,7-8,17H2,1H3. The van der Waals surface area contributed by atoms with E-state index in [1.165, 1.54) is 7.11 Å². The molecule has 4 unspecified atom stereocenters. The Morgan fingerprint density at radius 1 is 1.40 bits per heavy atom.